The van der Waals surface area contributed by atoms with E-state index in [1.54, 1.807) is 16.2 Å². The molecule has 1 N–H and O–H groups in total. The van der Waals surface area contributed by atoms with Crippen LogP contribution < -0.4 is 5.32 Å². The van der Waals surface area contributed by atoms with Gasteiger partial charge in [-0.3, -0.25) is 19.4 Å². The molecule has 2 amide bonds. The summed E-state index contributed by atoms with van der Waals surface area (Å²) in [5.74, 6) is 1.24. The van der Waals surface area contributed by atoms with Gasteiger partial charge in [0, 0.05) is 44.0 Å². The van der Waals surface area contributed by atoms with Crippen LogP contribution in [-0.2, 0) is 9.59 Å². The summed E-state index contributed by atoms with van der Waals surface area (Å²) in [6.07, 6.45) is 6.32. The first kappa shape index (κ1) is 23.7. The highest BCUT2D eigenvalue weighted by atomic mass is 32.1. The summed E-state index contributed by atoms with van der Waals surface area (Å²) < 4.78 is 0. The highest BCUT2D eigenvalue weighted by molar-refractivity contribution is 7.16. The molecule has 0 atom stereocenters. The molecule has 0 radical (unpaired) electrons. The van der Waals surface area contributed by atoms with Crippen LogP contribution in [0.25, 0.3) is 0 Å². The highest BCUT2D eigenvalue weighted by Crippen LogP contribution is 2.47. The fourth-order valence-corrected chi connectivity index (χ4v) is 7.22. The van der Waals surface area contributed by atoms with Crippen LogP contribution in [0.5, 0.6) is 0 Å². The van der Waals surface area contributed by atoms with Gasteiger partial charge >= 0.3 is 0 Å². The number of imide groups is 1. The summed E-state index contributed by atoms with van der Waals surface area (Å²) in [6.45, 7) is 7.63. The van der Waals surface area contributed by atoms with Crippen LogP contribution in [-0.4, -0.2) is 71.6 Å². The number of benzene rings is 1. The lowest BCUT2D eigenvalue weighted by Crippen LogP contribution is -2.49. The summed E-state index contributed by atoms with van der Waals surface area (Å²) in [5, 5.41) is 4.77. The number of thiophene rings is 1. The van der Waals surface area contributed by atoms with Crippen LogP contribution in [0.15, 0.2) is 35.3 Å². The van der Waals surface area contributed by atoms with Crippen molar-refractivity contribution in [3.63, 3.8) is 0 Å². The quantitative estimate of drug-likeness (QED) is 0.462. The number of rotatable bonds is 5. The Balaban J connectivity index is 1.03. The summed E-state index contributed by atoms with van der Waals surface area (Å²) in [4.78, 5) is 38.3. The number of hydrogen-bond acceptors (Lipinski definition) is 7. The SMILES string of the molecule is Cc1cc2c(s1)Nc1ccccc1N=C2N1CCN(CCCCN2C(=O)CC3(CCCC3)C2=O)CC1. The van der Waals surface area contributed by atoms with Gasteiger partial charge in [-0.25, -0.2) is 4.99 Å². The van der Waals surface area contributed by atoms with Gasteiger partial charge in [-0.2, -0.15) is 0 Å². The van der Waals surface area contributed by atoms with Gasteiger partial charge in [0.15, 0.2) is 0 Å². The third-order valence-electron chi connectivity index (χ3n) is 8.30. The minimum atomic E-state index is -0.342. The summed E-state index contributed by atoms with van der Waals surface area (Å²) in [7, 11) is 0. The Hall–Kier alpha value is -2.71. The average Bonchev–Trinajstić information content (AvgIpc) is 3.53. The van der Waals surface area contributed by atoms with Gasteiger partial charge in [0.05, 0.1) is 22.4 Å². The molecule has 6 rings (SSSR count). The number of amidine groups is 1. The molecule has 36 heavy (non-hydrogen) atoms. The number of anilines is 2. The number of likely N-dealkylation sites (tertiary alicyclic amines) is 1. The molecule has 1 saturated carbocycles. The van der Waals surface area contributed by atoms with Crippen molar-refractivity contribution >= 4 is 45.4 Å². The van der Waals surface area contributed by atoms with E-state index >= 15 is 0 Å². The number of aryl methyl sites for hydroxylation is 1. The Morgan fingerprint density at radius 1 is 1.03 bits per heavy atom. The van der Waals surface area contributed by atoms with E-state index in [4.69, 9.17) is 4.99 Å². The van der Waals surface area contributed by atoms with Crippen LogP contribution in [0.1, 0.15) is 55.4 Å². The number of carbonyl (C=O) groups excluding carboxylic acids is 2. The molecule has 7 nitrogen and oxygen atoms in total. The molecule has 1 spiro atoms. The second kappa shape index (κ2) is 9.63. The lowest BCUT2D eigenvalue weighted by molar-refractivity contribution is -0.141. The van der Waals surface area contributed by atoms with Gasteiger partial charge in [-0.15, -0.1) is 11.3 Å². The molecule has 3 fully saturated rings. The maximum atomic E-state index is 12.9. The second-order valence-electron chi connectivity index (χ2n) is 10.7. The van der Waals surface area contributed by atoms with Gasteiger partial charge in [-0.05, 0) is 57.4 Å². The topological polar surface area (TPSA) is 68.2 Å². The monoisotopic (exact) mass is 505 g/mol. The fraction of sp³-hybridized carbons (Fsp3) is 0.536. The molecule has 1 aliphatic carbocycles. The smallest absolute Gasteiger partial charge is 0.235 e. The molecule has 4 aliphatic rings. The predicted octanol–water partition coefficient (Wildman–Crippen LogP) is 4.91. The van der Waals surface area contributed by atoms with Gasteiger partial charge in [0.2, 0.25) is 11.8 Å². The highest BCUT2D eigenvalue weighted by Gasteiger charge is 2.52. The first-order valence-corrected chi connectivity index (χ1v) is 14.2. The summed E-state index contributed by atoms with van der Waals surface area (Å²) >= 11 is 1.78. The predicted molar refractivity (Wildman–Crippen MR) is 144 cm³/mol. The van der Waals surface area contributed by atoms with Gasteiger partial charge < -0.3 is 10.2 Å². The maximum absolute atomic E-state index is 12.9. The minimum Gasteiger partial charge on any atom is -0.353 e. The number of aliphatic imine (C=N–C) groups is 1. The summed E-state index contributed by atoms with van der Waals surface area (Å²) in [6, 6.07) is 10.5. The first-order chi connectivity index (χ1) is 17.5. The fourth-order valence-electron chi connectivity index (χ4n) is 6.31. The minimum absolute atomic E-state index is 0.0544. The molecule has 1 aromatic heterocycles. The Morgan fingerprint density at radius 3 is 2.58 bits per heavy atom. The zero-order chi connectivity index (χ0) is 24.7. The van der Waals surface area contributed by atoms with Crippen LogP contribution >= 0.6 is 11.3 Å². The van der Waals surface area contributed by atoms with Gasteiger partial charge in [0.1, 0.15) is 10.8 Å². The number of carbonyl (C=O) groups is 2. The van der Waals surface area contributed by atoms with E-state index in [-0.39, 0.29) is 17.2 Å². The molecule has 0 bridgehead atoms. The molecule has 0 unspecified atom stereocenters. The summed E-state index contributed by atoms with van der Waals surface area (Å²) in [5.41, 5.74) is 2.90. The van der Waals surface area contributed by atoms with Crippen LogP contribution in [0.4, 0.5) is 16.4 Å². The number of para-hydroxylation sites is 2. The van der Waals surface area contributed by atoms with E-state index in [1.165, 1.54) is 15.4 Å². The van der Waals surface area contributed by atoms with Gasteiger partial charge in [0.25, 0.3) is 0 Å². The molecule has 190 valence electrons. The third-order valence-corrected chi connectivity index (χ3v) is 9.27. The van der Waals surface area contributed by atoms with E-state index in [9.17, 15) is 9.59 Å². The molecular weight excluding hydrogens is 470 g/mol. The van der Waals surface area contributed by atoms with E-state index < -0.39 is 0 Å². The maximum Gasteiger partial charge on any atom is 0.235 e. The number of nitrogens with zero attached hydrogens (tertiary/aromatic N) is 4. The lowest BCUT2D eigenvalue weighted by atomic mass is 9.84. The number of piperazine rings is 1. The average molecular weight is 506 g/mol. The Kier molecular flexibility index (Phi) is 6.33. The number of fused-ring (bicyclic) bond motifs is 2. The molecule has 8 heteroatoms. The zero-order valence-corrected chi connectivity index (χ0v) is 21.9. The Labute approximate surface area is 217 Å². The number of nitrogens with one attached hydrogen (secondary N) is 1. The van der Waals surface area contributed by atoms with Crippen molar-refractivity contribution in [2.45, 2.75) is 51.9 Å². The first-order valence-electron chi connectivity index (χ1n) is 13.4. The zero-order valence-electron chi connectivity index (χ0n) is 21.1. The molecule has 2 saturated heterocycles. The molecule has 3 aliphatic heterocycles. The van der Waals surface area contributed by atoms with Crippen LogP contribution in [0.2, 0.25) is 0 Å². The van der Waals surface area contributed by atoms with E-state index in [0.717, 1.165) is 88.5 Å². The molecule has 1 aromatic carbocycles. The number of amides is 2. The van der Waals surface area contributed by atoms with Crippen molar-refractivity contribution in [1.82, 2.24) is 14.7 Å². The lowest BCUT2D eigenvalue weighted by Gasteiger charge is -2.36. The van der Waals surface area contributed by atoms with Crippen molar-refractivity contribution in [3.8, 4) is 0 Å². The molecule has 4 heterocycles. The third kappa shape index (κ3) is 4.34. The van der Waals surface area contributed by atoms with E-state index in [1.807, 2.05) is 12.1 Å². The molecular formula is C28H35N5O2S. The van der Waals surface area contributed by atoms with Crippen molar-refractivity contribution in [2.75, 3.05) is 44.6 Å². The Bertz CT molecular complexity index is 1190. The van der Waals surface area contributed by atoms with Crippen molar-refractivity contribution in [2.24, 2.45) is 10.4 Å². The van der Waals surface area contributed by atoms with Crippen molar-refractivity contribution in [1.29, 1.82) is 0 Å². The largest absolute Gasteiger partial charge is 0.353 e. The Morgan fingerprint density at radius 2 is 1.78 bits per heavy atom. The van der Waals surface area contributed by atoms with Crippen LogP contribution in [0.3, 0.4) is 0 Å². The number of unbranched alkanes of at least 4 members (excludes halogenated alkanes) is 1. The normalized spacial score (nSPS) is 21.4. The van der Waals surface area contributed by atoms with Crippen molar-refractivity contribution < 1.29 is 9.59 Å². The van der Waals surface area contributed by atoms with E-state index in [2.05, 4.69) is 40.2 Å². The van der Waals surface area contributed by atoms with Crippen LogP contribution in [0, 0.1) is 12.3 Å². The van der Waals surface area contributed by atoms with Gasteiger partial charge in [-0.1, -0.05) is 25.0 Å². The molecule has 2 aromatic rings. The number of hydrogen-bond donors (Lipinski definition) is 1. The van der Waals surface area contributed by atoms with Crippen molar-refractivity contribution in [3.05, 3.63) is 40.8 Å². The standard InChI is InChI=1S/C28H35N5O2S/c1-20-18-21-25(29-22-8-2-3-9-23(22)30-26(21)36-20)32-16-14-31(15-17-32)12-6-7-13-33-24(34)19-28(27(33)35)10-4-5-11-28/h2-3,8-9,18,30H,4-7,10-17,19H2,1H3. The van der Waals surface area contributed by atoms with E-state index in [0.29, 0.717) is 13.0 Å². The second-order valence-corrected chi connectivity index (χ2v) is 12.0.